The number of halogens is 2. The summed E-state index contributed by atoms with van der Waals surface area (Å²) in [5, 5.41) is 7.27. The number of nitrogens with zero attached hydrogens (tertiary/aromatic N) is 4. The average molecular weight is 413 g/mol. The average Bonchev–Trinajstić information content (AvgIpc) is 3.19. The van der Waals surface area contributed by atoms with E-state index in [1.54, 1.807) is 17.2 Å². The molecule has 0 saturated carbocycles. The second-order valence-electron chi connectivity index (χ2n) is 7.14. The molecule has 7 nitrogen and oxygen atoms in total. The molecule has 3 aromatic rings. The number of hydrogen-bond acceptors (Lipinski definition) is 5. The highest BCUT2D eigenvalue weighted by Crippen LogP contribution is 2.40. The Morgan fingerprint density at radius 1 is 1.20 bits per heavy atom. The van der Waals surface area contributed by atoms with Gasteiger partial charge in [0, 0.05) is 43.6 Å². The predicted octanol–water partition coefficient (Wildman–Crippen LogP) is 3.16. The molecule has 9 heteroatoms. The maximum atomic E-state index is 14.5. The smallest absolute Gasteiger partial charge is 0.248 e. The summed E-state index contributed by atoms with van der Waals surface area (Å²) in [7, 11) is 1.49. The minimum Gasteiger partial charge on any atom is -0.375 e. The highest BCUT2D eigenvalue weighted by molar-refractivity contribution is 5.82. The molecule has 1 aliphatic rings. The molecule has 4 rings (SSSR count). The van der Waals surface area contributed by atoms with Crippen molar-refractivity contribution in [2.45, 2.75) is 18.8 Å². The van der Waals surface area contributed by atoms with E-state index in [4.69, 9.17) is 4.74 Å². The molecule has 1 aromatic carbocycles. The Balaban J connectivity index is 1.72. The van der Waals surface area contributed by atoms with Gasteiger partial charge in [0.15, 0.2) is 0 Å². The van der Waals surface area contributed by atoms with E-state index < -0.39 is 11.6 Å². The number of aromatic amines is 1. The van der Waals surface area contributed by atoms with Crippen LogP contribution in [0.25, 0.3) is 22.5 Å². The summed E-state index contributed by atoms with van der Waals surface area (Å²) in [6.45, 7) is 1.19. The molecule has 1 fully saturated rings. The maximum absolute atomic E-state index is 14.5. The summed E-state index contributed by atoms with van der Waals surface area (Å²) < 4.78 is 34.0. The number of ether oxygens (including phenoxy) is 1. The number of likely N-dealkylation sites (tertiary alicyclic amines) is 1. The molecule has 156 valence electrons. The molecular formula is C21H21F2N5O2. The molecule has 0 aliphatic carbocycles. The minimum absolute atomic E-state index is 0.0395. The third-order valence-corrected chi connectivity index (χ3v) is 5.36. The zero-order valence-corrected chi connectivity index (χ0v) is 16.4. The lowest BCUT2D eigenvalue weighted by Gasteiger charge is -2.31. The second-order valence-corrected chi connectivity index (χ2v) is 7.14. The maximum Gasteiger partial charge on any atom is 0.248 e. The van der Waals surface area contributed by atoms with Crippen molar-refractivity contribution in [1.82, 2.24) is 25.1 Å². The van der Waals surface area contributed by atoms with Crippen LogP contribution in [0.3, 0.4) is 0 Å². The Kier molecular flexibility index (Phi) is 5.80. The van der Waals surface area contributed by atoms with E-state index in [2.05, 4.69) is 20.2 Å². The highest BCUT2D eigenvalue weighted by atomic mass is 19.1. The van der Waals surface area contributed by atoms with E-state index in [1.165, 1.54) is 31.6 Å². The first kappa shape index (κ1) is 20.1. The zero-order valence-electron chi connectivity index (χ0n) is 16.4. The Morgan fingerprint density at radius 3 is 2.57 bits per heavy atom. The standard InChI is InChI=1S/C21H21F2N5O2/c1-30-11-17(29)28-9-6-13(7-10-28)20-19(16-5-8-24-12-25-16)21(27-26-20)18-14(22)3-2-4-15(18)23/h2-5,8,12-13H,6-7,9-11H2,1H3,(H,26,27). The van der Waals surface area contributed by atoms with Crippen molar-refractivity contribution in [2.75, 3.05) is 26.8 Å². The molecule has 0 spiro atoms. The lowest BCUT2D eigenvalue weighted by Crippen LogP contribution is -2.39. The summed E-state index contributed by atoms with van der Waals surface area (Å²) in [5.74, 6) is -1.39. The summed E-state index contributed by atoms with van der Waals surface area (Å²) >= 11 is 0. The fourth-order valence-corrected chi connectivity index (χ4v) is 3.89. The second kappa shape index (κ2) is 8.66. The number of nitrogens with one attached hydrogen (secondary N) is 1. The highest BCUT2D eigenvalue weighted by Gasteiger charge is 2.30. The van der Waals surface area contributed by atoms with Crippen LogP contribution in [0.1, 0.15) is 24.5 Å². The fraction of sp³-hybridized carbons (Fsp3) is 0.333. The molecule has 2 aromatic heterocycles. The lowest BCUT2D eigenvalue weighted by atomic mass is 9.88. The normalized spacial score (nSPS) is 14.8. The van der Waals surface area contributed by atoms with Crippen LogP contribution in [0.15, 0.2) is 36.8 Å². The number of rotatable bonds is 5. The van der Waals surface area contributed by atoms with Gasteiger partial charge in [0.05, 0.1) is 11.3 Å². The number of benzene rings is 1. The van der Waals surface area contributed by atoms with E-state index in [0.29, 0.717) is 37.2 Å². The Hall–Kier alpha value is -3.20. The number of piperidine rings is 1. The molecular weight excluding hydrogens is 392 g/mol. The van der Waals surface area contributed by atoms with Crippen LogP contribution in [0.2, 0.25) is 0 Å². The first-order valence-corrected chi connectivity index (χ1v) is 9.66. The van der Waals surface area contributed by atoms with Crippen molar-refractivity contribution >= 4 is 5.91 Å². The Labute approximate surface area is 172 Å². The van der Waals surface area contributed by atoms with Crippen LogP contribution >= 0.6 is 0 Å². The zero-order chi connectivity index (χ0) is 21.1. The number of hydrogen-bond donors (Lipinski definition) is 1. The van der Waals surface area contributed by atoms with Gasteiger partial charge in [-0.3, -0.25) is 9.89 Å². The monoisotopic (exact) mass is 413 g/mol. The van der Waals surface area contributed by atoms with Crippen LogP contribution < -0.4 is 0 Å². The molecule has 0 radical (unpaired) electrons. The van der Waals surface area contributed by atoms with Gasteiger partial charge in [0.25, 0.3) is 0 Å². The summed E-state index contributed by atoms with van der Waals surface area (Å²) in [5.41, 5.74) is 1.83. The Bertz CT molecular complexity index is 1010. The first-order chi connectivity index (χ1) is 14.6. The van der Waals surface area contributed by atoms with Gasteiger partial charge in [-0.05, 0) is 31.0 Å². The van der Waals surface area contributed by atoms with E-state index in [1.807, 2.05) is 0 Å². The van der Waals surface area contributed by atoms with E-state index in [-0.39, 0.29) is 29.7 Å². The van der Waals surface area contributed by atoms with Gasteiger partial charge >= 0.3 is 0 Å². The van der Waals surface area contributed by atoms with Crippen molar-refractivity contribution in [2.24, 2.45) is 0 Å². The third-order valence-electron chi connectivity index (χ3n) is 5.36. The molecule has 30 heavy (non-hydrogen) atoms. The molecule has 3 heterocycles. The van der Waals surface area contributed by atoms with Gasteiger partial charge in [0.2, 0.25) is 5.91 Å². The number of amides is 1. The molecule has 0 bridgehead atoms. The number of H-pyrrole nitrogens is 1. The van der Waals surface area contributed by atoms with Crippen molar-refractivity contribution < 1.29 is 18.3 Å². The van der Waals surface area contributed by atoms with Crippen LogP contribution in [0, 0.1) is 11.6 Å². The fourth-order valence-electron chi connectivity index (χ4n) is 3.89. The largest absolute Gasteiger partial charge is 0.375 e. The van der Waals surface area contributed by atoms with Crippen LogP contribution in [-0.4, -0.2) is 57.8 Å². The van der Waals surface area contributed by atoms with E-state index >= 15 is 0 Å². The topological polar surface area (TPSA) is 84.0 Å². The van der Waals surface area contributed by atoms with Crippen molar-refractivity contribution in [3.63, 3.8) is 0 Å². The molecule has 0 unspecified atom stereocenters. The van der Waals surface area contributed by atoms with Gasteiger partial charge in [-0.25, -0.2) is 18.7 Å². The van der Waals surface area contributed by atoms with Gasteiger partial charge in [-0.15, -0.1) is 0 Å². The van der Waals surface area contributed by atoms with Gasteiger partial charge in [-0.1, -0.05) is 6.07 Å². The van der Waals surface area contributed by atoms with Gasteiger partial charge < -0.3 is 9.64 Å². The van der Waals surface area contributed by atoms with Gasteiger partial charge in [-0.2, -0.15) is 5.10 Å². The Morgan fingerprint density at radius 2 is 1.93 bits per heavy atom. The SMILES string of the molecule is COCC(=O)N1CCC(c2[nH]nc(-c3c(F)cccc3F)c2-c2ccncn2)CC1. The number of methoxy groups -OCH3 is 1. The molecule has 1 saturated heterocycles. The van der Waals surface area contributed by atoms with Crippen molar-refractivity contribution in [1.29, 1.82) is 0 Å². The summed E-state index contributed by atoms with van der Waals surface area (Å²) in [6, 6.07) is 5.42. The third kappa shape index (κ3) is 3.80. The van der Waals surface area contributed by atoms with Crippen LogP contribution in [0.5, 0.6) is 0 Å². The van der Waals surface area contributed by atoms with E-state index in [9.17, 15) is 13.6 Å². The van der Waals surface area contributed by atoms with Crippen LogP contribution in [-0.2, 0) is 9.53 Å². The number of aromatic nitrogens is 4. The van der Waals surface area contributed by atoms with Crippen LogP contribution in [0.4, 0.5) is 8.78 Å². The molecule has 0 atom stereocenters. The number of carbonyl (C=O) groups excluding carboxylic acids is 1. The molecule has 1 aliphatic heterocycles. The minimum atomic E-state index is -0.691. The summed E-state index contributed by atoms with van der Waals surface area (Å²) in [4.78, 5) is 22.1. The predicted molar refractivity (Wildman–Crippen MR) is 105 cm³/mol. The van der Waals surface area contributed by atoms with Gasteiger partial charge in [0.1, 0.15) is 30.3 Å². The lowest BCUT2D eigenvalue weighted by molar-refractivity contribution is -0.136. The quantitative estimate of drug-likeness (QED) is 0.695. The van der Waals surface area contributed by atoms with Crippen molar-refractivity contribution in [3.8, 4) is 22.5 Å². The van der Waals surface area contributed by atoms with E-state index in [0.717, 1.165) is 5.69 Å². The summed E-state index contributed by atoms with van der Waals surface area (Å²) in [6.07, 6.45) is 4.34. The molecule has 1 N–H and O–H groups in total. The molecule has 1 amide bonds. The number of carbonyl (C=O) groups is 1. The first-order valence-electron chi connectivity index (χ1n) is 9.66. The van der Waals surface area contributed by atoms with Crippen molar-refractivity contribution in [3.05, 3.63) is 54.1 Å².